The van der Waals surface area contributed by atoms with Gasteiger partial charge in [-0.15, -0.1) is 24.0 Å². The number of aliphatic imine (C=N–C) groups is 1. The summed E-state index contributed by atoms with van der Waals surface area (Å²) in [5.74, 6) is 2.19. The van der Waals surface area contributed by atoms with Gasteiger partial charge in [-0.25, -0.2) is 9.97 Å². The van der Waals surface area contributed by atoms with Gasteiger partial charge in [-0.2, -0.15) is 4.98 Å². The number of guanidine groups is 1. The van der Waals surface area contributed by atoms with Crippen molar-refractivity contribution in [2.45, 2.75) is 13.5 Å². The second kappa shape index (κ2) is 11.4. The number of methoxy groups -OCH3 is 1. The third-order valence-electron chi connectivity index (χ3n) is 4.27. The van der Waals surface area contributed by atoms with E-state index in [4.69, 9.17) is 9.73 Å². The molecule has 0 saturated carbocycles. The highest BCUT2D eigenvalue weighted by atomic mass is 127. The van der Waals surface area contributed by atoms with Crippen molar-refractivity contribution in [2.75, 3.05) is 51.3 Å². The van der Waals surface area contributed by atoms with Crippen molar-refractivity contribution in [1.82, 2.24) is 29.7 Å². The summed E-state index contributed by atoms with van der Waals surface area (Å²) in [6.07, 6.45) is 7.28. The van der Waals surface area contributed by atoms with Crippen molar-refractivity contribution in [1.29, 1.82) is 0 Å². The zero-order valence-corrected chi connectivity index (χ0v) is 20.0. The Hall–Kier alpha value is -1.63. The van der Waals surface area contributed by atoms with Crippen molar-refractivity contribution in [3.8, 4) is 5.88 Å². The molecule has 11 heteroatoms. The van der Waals surface area contributed by atoms with Gasteiger partial charge < -0.3 is 24.4 Å². The van der Waals surface area contributed by atoms with Crippen LogP contribution in [0.5, 0.6) is 5.88 Å². The van der Waals surface area contributed by atoms with E-state index in [1.54, 1.807) is 19.5 Å². The maximum Gasteiger partial charge on any atom is 0.232 e. The summed E-state index contributed by atoms with van der Waals surface area (Å²) in [6.45, 7) is 7.85. The molecular weight excluding hydrogens is 539 g/mol. The molecule has 2 aromatic rings. The lowest BCUT2D eigenvalue weighted by molar-refractivity contribution is 0.366. The predicted octanol–water partition coefficient (Wildman–Crippen LogP) is 1.85. The Labute approximate surface area is 190 Å². The highest BCUT2D eigenvalue weighted by molar-refractivity contribution is 14.0. The molecule has 0 spiro atoms. The number of halogens is 2. The molecule has 0 bridgehead atoms. The summed E-state index contributed by atoms with van der Waals surface area (Å²) in [4.78, 5) is 22.1. The lowest BCUT2D eigenvalue weighted by Gasteiger charge is -2.36. The van der Waals surface area contributed by atoms with Crippen LogP contribution in [0.1, 0.15) is 6.92 Å². The molecule has 28 heavy (non-hydrogen) atoms. The lowest BCUT2D eigenvalue weighted by Crippen LogP contribution is -2.53. The molecule has 1 N–H and O–H groups in total. The monoisotopic (exact) mass is 564 g/mol. The van der Waals surface area contributed by atoms with Gasteiger partial charge in [0, 0.05) is 51.7 Å². The molecule has 1 aliphatic rings. The average Bonchev–Trinajstić information content (AvgIpc) is 3.21. The van der Waals surface area contributed by atoms with Gasteiger partial charge in [-0.1, -0.05) is 0 Å². The van der Waals surface area contributed by atoms with Crippen molar-refractivity contribution < 1.29 is 4.74 Å². The number of nitrogens with zero attached hydrogens (tertiary/aromatic N) is 7. The molecule has 154 valence electrons. The normalized spacial score (nSPS) is 14.6. The fourth-order valence-corrected chi connectivity index (χ4v) is 3.23. The second-order valence-electron chi connectivity index (χ2n) is 6.04. The van der Waals surface area contributed by atoms with E-state index >= 15 is 0 Å². The van der Waals surface area contributed by atoms with Crippen LogP contribution in [0, 0.1) is 0 Å². The largest absolute Gasteiger partial charge is 0.480 e. The highest BCUT2D eigenvalue weighted by Gasteiger charge is 2.22. The molecule has 0 radical (unpaired) electrons. The minimum atomic E-state index is 0. The standard InChI is InChI=1S/C17H25BrN8O.HI/c1-3-20-16(21-5-7-24-6-4-19-13-24)25-8-10-26(11-9-25)17-22-12-14(18)15(23-17)27-2;/h4,6,12-13H,3,5,7-11H2,1-2H3,(H,20,21);1H. The van der Waals surface area contributed by atoms with E-state index in [9.17, 15) is 0 Å². The molecule has 0 atom stereocenters. The predicted molar refractivity (Wildman–Crippen MR) is 124 cm³/mol. The molecule has 1 aliphatic heterocycles. The molecule has 0 amide bonds. The van der Waals surface area contributed by atoms with E-state index in [2.05, 4.69) is 52.9 Å². The molecule has 0 aromatic carbocycles. The Kier molecular flexibility index (Phi) is 9.22. The number of hydrogen-bond donors (Lipinski definition) is 1. The third kappa shape index (κ3) is 5.93. The molecule has 0 aliphatic carbocycles. The fraction of sp³-hybridized carbons (Fsp3) is 0.529. The first-order valence-corrected chi connectivity index (χ1v) is 9.81. The van der Waals surface area contributed by atoms with Crippen LogP contribution in [0.3, 0.4) is 0 Å². The van der Waals surface area contributed by atoms with Gasteiger partial charge in [-0.3, -0.25) is 4.99 Å². The first kappa shape index (κ1) is 22.7. The Bertz CT molecular complexity index is 750. The maximum atomic E-state index is 5.27. The molecule has 1 saturated heterocycles. The Morgan fingerprint density at radius 1 is 1.32 bits per heavy atom. The Morgan fingerprint density at radius 2 is 2.11 bits per heavy atom. The number of hydrogen-bond acceptors (Lipinski definition) is 6. The summed E-state index contributed by atoms with van der Waals surface area (Å²) in [7, 11) is 1.61. The van der Waals surface area contributed by atoms with Gasteiger partial charge in [0.25, 0.3) is 0 Å². The minimum Gasteiger partial charge on any atom is -0.480 e. The first-order valence-electron chi connectivity index (χ1n) is 9.01. The number of aromatic nitrogens is 4. The van der Waals surface area contributed by atoms with Crippen molar-refractivity contribution in [2.24, 2.45) is 4.99 Å². The zero-order valence-electron chi connectivity index (χ0n) is 16.1. The summed E-state index contributed by atoms with van der Waals surface area (Å²) in [5, 5.41) is 3.39. The van der Waals surface area contributed by atoms with Crippen LogP contribution in [-0.2, 0) is 6.54 Å². The fourth-order valence-electron chi connectivity index (χ4n) is 2.87. The van der Waals surface area contributed by atoms with Crippen LogP contribution in [-0.4, -0.2) is 76.8 Å². The molecule has 3 heterocycles. The van der Waals surface area contributed by atoms with Crippen molar-refractivity contribution in [3.05, 3.63) is 29.4 Å². The SMILES string of the molecule is CCNC(=NCCn1ccnc1)N1CCN(c2ncc(Br)c(OC)n2)CC1.I. The lowest BCUT2D eigenvalue weighted by atomic mass is 10.3. The van der Waals surface area contributed by atoms with Crippen molar-refractivity contribution in [3.63, 3.8) is 0 Å². The zero-order chi connectivity index (χ0) is 19.1. The van der Waals surface area contributed by atoms with Crippen LogP contribution < -0.4 is 15.0 Å². The highest BCUT2D eigenvalue weighted by Crippen LogP contribution is 2.23. The van der Waals surface area contributed by atoms with E-state index in [-0.39, 0.29) is 24.0 Å². The molecular formula is C17H26BrIN8O. The smallest absolute Gasteiger partial charge is 0.232 e. The maximum absolute atomic E-state index is 5.27. The number of rotatable bonds is 6. The van der Waals surface area contributed by atoms with Gasteiger partial charge in [-0.05, 0) is 22.9 Å². The van der Waals surface area contributed by atoms with Gasteiger partial charge in [0.05, 0.1) is 30.7 Å². The number of ether oxygens (including phenoxy) is 1. The van der Waals surface area contributed by atoms with Gasteiger partial charge in [0.15, 0.2) is 5.96 Å². The van der Waals surface area contributed by atoms with Crippen LogP contribution in [0.2, 0.25) is 0 Å². The van der Waals surface area contributed by atoms with Crippen LogP contribution in [0.15, 0.2) is 34.4 Å². The Morgan fingerprint density at radius 3 is 2.75 bits per heavy atom. The molecule has 2 aromatic heterocycles. The molecule has 3 rings (SSSR count). The van der Waals surface area contributed by atoms with Gasteiger partial charge >= 0.3 is 0 Å². The van der Waals surface area contributed by atoms with Gasteiger partial charge in [0.1, 0.15) is 0 Å². The quantitative estimate of drug-likeness (QED) is 0.326. The summed E-state index contributed by atoms with van der Waals surface area (Å²) >= 11 is 3.39. The second-order valence-corrected chi connectivity index (χ2v) is 6.89. The van der Waals surface area contributed by atoms with E-state index < -0.39 is 0 Å². The van der Waals surface area contributed by atoms with Crippen molar-refractivity contribution >= 4 is 51.8 Å². The molecule has 0 unspecified atom stereocenters. The number of anilines is 1. The van der Waals surface area contributed by atoms with Gasteiger partial charge in [0.2, 0.25) is 11.8 Å². The summed E-state index contributed by atoms with van der Waals surface area (Å²) in [6, 6.07) is 0. The average molecular weight is 565 g/mol. The molecule has 9 nitrogen and oxygen atoms in total. The Balaban J connectivity index is 0.00000280. The van der Waals surface area contributed by atoms with E-state index in [0.717, 1.165) is 49.7 Å². The van der Waals surface area contributed by atoms with Crippen LogP contribution >= 0.6 is 39.9 Å². The minimum absolute atomic E-state index is 0. The summed E-state index contributed by atoms with van der Waals surface area (Å²) in [5.41, 5.74) is 0. The van der Waals surface area contributed by atoms with E-state index in [0.29, 0.717) is 18.4 Å². The van der Waals surface area contributed by atoms with Crippen LogP contribution in [0.4, 0.5) is 5.95 Å². The number of piperazine rings is 1. The van der Waals surface area contributed by atoms with E-state index in [1.807, 2.05) is 17.1 Å². The summed E-state index contributed by atoms with van der Waals surface area (Å²) < 4.78 is 8.06. The van der Waals surface area contributed by atoms with E-state index in [1.165, 1.54) is 0 Å². The number of imidazole rings is 1. The van der Waals surface area contributed by atoms with Crippen LogP contribution in [0.25, 0.3) is 0 Å². The third-order valence-corrected chi connectivity index (χ3v) is 4.81. The topological polar surface area (TPSA) is 83.7 Å². The number of nitrogens with one attached hydrogen (secondary N) is 1. The molecule has 1 fully saturated rings. The first-order chi connectivity index (χ1) is 13.2.